The minimum atomic E-state index is -1.51. The molecule has 0 spiro atoms. The van der Waals surface area contributed by atoms with Gasteiger partial charge >= 0.3 is 5.97 Å². The summed E-state index contributed by atoms with van der Waals surface area (Å²) in [7, 11) is 0. The summed E-state index contributed by atoms with van der Waals surface area (Å²) < 4.78 is 0. The summed E-state index contributed by atoms with van der Waals surface area (Å²) in [6.45, 7) is 3.46. The average Bonchev–Trinajstić information content (AvgIpc) is 2.78. The van der Waals surface area contributed by atoms with Gasteiger partial charge in [-0.2, -0.15) is 0 Å². The number of Topliss-reactive ketones (excluding diaryl/α,β-unsaturated/α-hetero) is 3. The third-order valence-corrected chi connectivity index (χ3v) is 6.76. The minimum absolute atomic E-state index is 0.0763. The lowest BCUT2D eigenvalue weighted by atomic mass is 9.73. The fourth-order valence-corrected chi connectivity index (χ4v) is 4.46. The fraction of sp³-hybridized carbons (Fsp3) is 0.778. The second kappa shape index (κ2) is 18.4. The predicted molar refractivity (Wildman–Crippen MR) is 134 cm³/mol. The number of unbranched alkanes of at least 4 members (excludes halogenated alkanes) is 6. The van der Waals surface area contributed by atoms with Crippen LogP contribution in [0.15, 0.2) is 12.2 Å². The summed E-state index contributed by atoms with van der Waals surface area (Å²) in [5, 5.41) is 37.6. The van der Waals surface area contributed by atoms with Crippen LogP contribution in [0.1, 0.15) is 104 Å². The molecule has 0 heterocycles. The Bertz CT molecular complexity index is 649. The van der Waals surface area contributed by atoms with Crippen LogP contribution in [0.2, 0.25) is 0 Å². The van der Waals surface area contributed by atoms with E-state index in [1.807, 2.05) is 12.2 Å². The second-order valence-electron chi connectivity index (χ2n) is 9.63. The lowest BCUT2D eigenvalue weighted by molar-refractivity contribution is -0.147. The predicted octanol–water partition coefficient (Wildman–Crippen LogP) is 3.78. The van der Waals surface area contributed by atoms with Crippen molar-refractivity contribution in [1.29, 1.82) is 0 Å². The molecule has 0 aliphatic carbocycles. The number of ketones is 3. The average molecular weight is 499 g/mol. The van der Waals surface area contributed by atoms with E-state index in [1.54, 1.807) is 0 Å². The summed E-state index contributed by atoms with van der Waals surface area (Å²) >= 11 is 0. The molecule has 0 fully saturated rings. The summed E-state index contributed by atoms with van der Waals surface area (Å²) in [5.74, 6) is -2.76. The number of rotatable bonds is 22. The molecule has 0 aliphatic heterocycles. The molecule has 2 unspecified atom stereocenters. The van der Waals surface area contributed by atoms with Crippen LogP contribution in [0.3, 0.4) is 0 Å². The molecule has 0 aromatic heterocycles. The van der Waals surface area contributed by atoms with Gasteiger partial charge in [0.2, 0.25) is 0 Å². The molecule has 202 valence electrons. The summed E-state index contributed by atoms with van der Waals surface area (Å²) in [5.41, 5.74) is -1.51. The number of aliphatic hydroxyl groups excluding tert-OH is 3. The number of carboxylic acids is 1. The van der Waals surface area contributed by atoms with Gasteiger partial charge in [-0.05, 0) is 65.7 Å². The molecule has 0 saturated heterocycles. The van der Waals surface area contributed by atoms with E-state index in [2.05, 4.69) is 0 Å². The second-order valence-corrected chi connectivity index (χ2v) is 9.63. The van der Waals surface area contributed by atoms with Crippen LogP contribution in [-0.2, 0) is 19.2 Å². The molecule has 0 aromatic carbocycles. The Kier molecular flexibility index (Phi) is 17.4. The minimum Gasteiger partial charge on any atom is -0.481 e. The van der Waals surface area contributed by atoms with E-state index in [-0.39, 0.29) is 12.8 Å². The van der Waals surface area contributed by atoms with Crippen LogP contribution >= 0.6 is 0 Å². The highest BCUT2D eigenvalue weighted by atomic mass is 16.4. The van der Waals surface area contributed by atoms with Gasteiger partial charge in [0.1, 0.15) is 5.41 Å². The van der Waals surface area contributed by atoms with Gasteiger partial charge in [0, 0.05) is 0 Å². The van der Waals surface area contributed by atoms with Crippen molar-refractivity contribution in [2.24, 2.45) is 11.3 Å². The third-order valence-electron chi connectivity index (χ3n) is 6.76. The number of aliphatic carboxylic acids is 1. The number of hydrogen-bond acceptors (Lipinski definition) is 7. The Morgan fingerprint density at radius 3 is 1.83 bits per heavy atom. The van der Waals surface area contributed by atoms with Crippen molar-refractivity contribution in [3.05, 3.63) is 12.2 Å². The van der Waals surface area contributed by atoms with Crippen molar-refractivity contribution < 1.29 is 39.6 Å². The van der Waals surface area contributed by atoms with Gasteiger partial charge in [-0.3, -0.25) is 19.2 Å². The molecule has 0 rings (SSSR count). The SMILES string of the molecule is CC(=O)C(CCCCC[C@@H](O)C/C=C\CCCCCCC(CC(O)CO)C(=O)O)(C(C)=O)C(C)=O. The van der Waals surface area contributed by atoms with Gasteiger partial charge in [0.15, 0.2) is 17.3 Å². The van der Waals surface area contributed by atoms with Gasteiger partial charge in [-0.25, -0.2) is 0 Å². The van der Waals surface area contributed by atoms with Gasteiger partial charge in [-0.15, -0.1) is 0 Å². The first-order valence-electron chi connectivity index (χ1n) is 12.9. The van der Waals surface area contributed by atoms with Crippen molar-refractivity contribution in [2.45, 2.75) is 116 Å². The molecule has 0 bridgehead atoms. The number of carboxylic acid groups (broad SMARTS) is 1. The van der Waals surface area contributed by atoms with Crippen molar-refractivity contribution >= 4 is 23.3 Å². The smallest absolute Gasteiger partial charge is 0.306 e. The van der Waals surface area contributed by atoms with Crippen molar-refractivity contribution in [3.8, 4) is 0 Å². The normalized spacial score (nSPS) is 14.6. The van der Waals surface area contributed by atoms with Crippen molar-refractivity contribution in [2.75, 3.05) is 6.61 Å². The van der Waals surface area contributed by atoms with Crippen LogP contribution in [0.25, 0.3) is 0 Å². The molecule has 0 aromatic rings. The highest BCUT2D eigenvalue weighted by Gasteiger charge is 2.44. The highest BCUT2D eigenvalue weighted by Crippen LogP contribution is 2.29. The van der Waals surface area contributed by atoms with Crippen molar-refractivity contribution in [1.82, 2.24) is 0 Å². The van der Waals surface area contributed by atoms with E-state index in [1.165, 1.54) is 20.8 Å². The zero-order valence-corrected chi connectivity index (χ0v) is 21.7. The zero-order valence-electron chi connectivity index (χ0n) is 21.7. The van der Waals surface area contributed by atoms with Gasteiger partial charge in [0.05, 0.1) is 24.7 Å². The topological polar surface area (TPSA) is 149 Å². The highest BCUT2D eigenvalue weighted by molar-refractivity contribution is 6.22. The maximum atomic E-state index is 11.9. The van der Waals surface area contributed by atoms with Crippen LogP contribution < -0.4 is 0 Å². The number of carbonyl (C=O) groups excluding carboxylic acids is 3. The number of allylic oxidation sites excluding steroid dienone is 1. The molecule has 3 atom stereocenters. The van der Waals surface area contributed by atoms with Gasteiger partial charge < -0.3 is 20.4 Å². The lowest BCUT2D eigenvalue weighted by Crippen LogP contribution is -2.43. The molecule has 8 heteroatoms. The first kappa shape index (κ1) is 33.1. The molecule has 0 radical (unpaired) electrons. The molecule has 0 saturated carbocycles. The van der Waals surface area contributed by atoms with Gasteiger partial charge in [-0.1, -0.05) is 50.7 Å². The molecule has 0 amide bonds. The van der Waals surface area contributed by atoms with E-state index in [0.717, 1.165) is 44.9 Å². The van der Waals surface area contributed by atoms with E-state index in [0.29, 0.717) is 25.7 Å². The largest absolute Gasteiger partial charge is 0.481 e. The molecule has 4 N–H and O–H groups in total. The molecule has 0 aliphatic rings. The lowest BCUT2D eigenvalue weighted by Gasteiger charge is -2.25. The Hall–Kier alpha value is -1.90. The van der Waals surface area contributed by atoms with Crippen LogP contribution in [0.4, 0.5) is 0 Å². The maximum absolute atomic E-state index is 11.9. The first-order chi connectivity index (χ1) is 16.5. The quantitative estimate of drug-likeness (QED) is 0.100. The molecular weight excluding hydrogens is 452 g/mol. The number of aliphatic hydroxyl groups is 3. The monoisotopic (exact) mass is 498 g/mol. The summed E-state index contributed by atoms with van der Waals surface area (Å²) in [4.78, 5) is 47.0. The standard InChI is InChI=1S/C27H46O8/c1-20(29)27(21(2)30,22(3)31)17-13-9-12-16-24(32)15-11-8-6-4-5-7-10-14-23(26(34)35)18-25(33)19-28/h8,11,23-25,28,32-33H,4-7,9-10,12-19H2,1-3H3,(H,34,35)/b11-8-/t23?,24-,25?/m0/s1. The molecular formula is C27H46O8. The van der Waals surface area contributed by atoms with Crippen LogP contribution in [0, 0.1) is 11.3 Å². The van der Waals surface area contributed by atoms with Crippen LogP contribution in [0.5, 0.6) is 0 Å². The van der Waals surface area contributed by atoms with E-state index in [9.17, 15) is 34.5 Å². The molecule has 8 nitrogen and oxygen atoms in total. The maximum Gasteiger partial charge on any atom is 0.306 e. The summed E-state index contributed by atoms with van der Waals surface area (Å²) in [6, 6.07) is 0. The zero-order chi connectivity index (χ0) is 26.9. The third kappa shape index (κ3) is 13.1. The van der Waals surface area contributed by atoms with E-state index >= 15 is 0 Å². The van der Waals surface area contributed by atoms with Crippen molar-refractivity contribution in [3.63, 3.8) is 0 Å². The van der Waals surface area contributed by atoms with Crippen LogP contribution in [-0.4, -0.2) is 62.6 Å². The number of carbonyl (C=O) groups is 4. The Balaban J connectivity index is 3.97. The number of hydrogen-bond donors (Lipinski definition) is 4. The first-order valence-corrected chi connectivity index (χ1v) is 12.9. The fourth-order valence-electron chi connectivity index (χ4n) is 4.46. The van der Waals surface area contributed by atoms with Gasteiger partial charge in [0.25, 0.3) is 0 Å². The van der Waals surface area contributed by atoms with E-state index < -0.39 is 53.5 Å². The molecule has 35 heavy (non-hydrogen) atoms. The van der Waals surface area contributed by atoms with E-state index in [4.69, 9.17) is 5.11 Å². The Morgan fingerprint density at radius 2 is 1.29 bits per heavy atom. The summed E-state index contributed by atoms with van der Waals surface area (Å²) in [6.07, 6.45) is 11.1. The Labute approximate surface area is 209 Å². The Morgan fingerprint density at radius 1 is 0.743 bits per heavy atom.